The molecule has 0 saturated heterocycles. The summed E-state index contributed by atoms with van der Waals surface area (Å²) in [4.78, 5) is 17.0. The highest BCUT2D eigenvalue weighted by atomic mass is 19.4. The van der Waals surface area contributed by atoms with Crippen molar-refractivity contribution in [1.29, 1.82) is 0 Å². The van der Waals surface area contributed by atoms with Crippen molar-refractivity contribution >= 4 is 17.0 Å². The van der Waals surface area contributed by atoms with Crippen LogP contribution in [-0.2, 0) is 24.4 Å². The fourth-order valence-corrected chi connectivity index (χ4v) is 3.44. The number of alkyl halides is 6. The summed E-state index contributed by atoms with van der Waals surface area (Å²) < 4.78 is 88.7. The normalized spacial score (nSPS) is 12.3. The molecule has 0 radical (unpaired) electrons. The Hall–Kier alpha value is -3.24. The molecule has 0 spiro atoms. The topological polar surface area (TPSA) is 53.4 Å². The minimum absolute atomic E-state index is 0.0104. The second kappa shape index (κ2) is 8.95. The third-order valence-electron chi connectivity index (χ3n) is 4.90. The zero-order valence-corrected chi connectivity index (χ0v) is 17.9. The third kappa shape index (κ3) is 5.07. The van der Waals surface area contributed by atoms with E-state index in [1.165, 1.54) is 29.8 Å². The summed E-state index contributed by atoms with van der Waals surface area (Å²) in [7, 11) is 1.44. The first kappa shape index (κ1) is 24.4. The van der Waals surface area contributed by atoms with E-state index in [1.807, 2.05) is 0 Å². The van der Waals surface area contributed by atoms with Crippen molar-refractivity contribution in [3.8, 4) is 16.9 Å². The first-order valence-corrected chi connectivity index (χ1v) is 9.94. The van der Waals surface area contributed by atoms with Crippen molar-refractivity contribution < 1.29 is 40.6 Å². The van der Waals surface area contributed by atoms with E-state index in [0.29, 0.717) is 23.2 Å². The maximum absolute atomic E-state index is 12.9. The van der Waals surface area contributed by atoms with E-state index < -0.39 is 30.5 Å². The molecule has 2 aromatic heterocycles. The fraction of sp³-hybridized carbons (Fsp3) is 0.364. The van der Waals surface area contributed by atoms with Gasteiger partial charge in [0, 0.05) is 12.6 Å². The molecule has 0 bridgehead atoms. The zero-order valence-electron chi connectivity index (χ0n) is 17.9. The van der Waals surface area contributed by atoms with Gasteiger partial charge in [-0.2, -0.15) is 26.3 Å². The van der Waals surface area contributed by atoms with Gasteiger partial charge in [-0.25, -0.2) is 9.78 Å². The maximum Gasteiger partial charge on any atom is 0.422 e. The highest BCUT2D eigenvalue weighted by molar-refractivity contribution is 6.02. The van der Waals surface area contributed by atoms with Crippen LogP contribution in [0.25, 0.3) is 22.2 Å². The summed E-state index contributed by atoms with van der Waals surface area (Å²) in [5, 5.41) is 0.108. The van der Waals surface area contributed by atoms with Crippen molar-refractivity contribution in [3.63, 3.8) is 0 Å². The molecular weight excluding hydrogens is 454 g/mol. The van der Waals surface area contributed by atoms with E-state index in [-0.39, 0.29) is 29.1 Å². The summed E-state index contributed by atoms with van der Waals surface area (Å²) in [6.07, 6.45) is -8.80. The van der Waals surface area contributed by atoms with E-state index in [0.717, 1.165) is 12.1 Å². The molecule has 0 atom stereocenters. The van der Waals surface area contributed by atoms with Gasteiger partial charge in [-0.05, 0) is 37.1 Å². The van der Waals surface area contributed by atoms with Crippen LogP contribution in [0.5, 0.6) is 5.75 Å². The van der Waals surface area contributed by atoms with E-state index in [1.54, 1.807) is 13.8 Å². The van der Waals surface area contributed by atoms with Crippen LogP contribution in [0.3, 0.4) is 0 Å². The van der Waals surface area contributed by atoms with E-state index in [4.69, 9.17) is 9.47 Å². The molecule has 1 aromatic carbocycles. The summed E-state index contributed by atoms with van der Waals surface area (Å²) in [6, 6.07) is 5.81. The molecule has 178 valence electrons. The summed E-state index contributed by atoms with van der Waals surface area (Å²) in [6.45, 7) is 1.66. The van der Waals surface area contributed by atoms with Crippen LogP contribution in [0.1, 0.15) is 35.6 Å². The molecule has 2 heterocycles. The van der Waals surface area contributed by atoms with E-state index in [9.17, 15) is 31.1 Å². The average Bonchev–Trinajstić information content (AvgIpc) is 3.01. The molecule has 0 unspecified atom stereocenters. The lowest BCUT2D eigenvalue weighted by molar-refractivity contribution is -0.153. The van der Waals surface area contributed by atoms with Gasteiger partial charge in [0.15, 0.2) is 18.1 Å². The number of halogens is 6. The minimum Gasteiger partial charge on any atom is -0.481 e. The van der Waals surface area contributed by atoms with Gasteiger partial charge in [-0.3, -0.25) is 0 Å². The smallest absolute Gasteiger partial charge is 0.422 e. The lowest BCUT2D eigenvalue weighted by Crippen LogP contribution is -2.20. The molecule has 11 heteroatoms. The van der Waals surface area contributed by atoms with Gasteiger partial charge in [0.1, 0.15) is 5.65 Å². The average molecular weight is 474 g/mol. The first-order valence-electron chi connectivity index (χ1n) is 9.94. The number of benzene rings is 1. The number of carbonyl (C=O) groups is 1. The first-order chi connectivity index (χ1) is 15.4. The molecule has 0 amide bonds. The highest BCUT2D eigenvalue weighted by Gasteiger charge is 2.33. The fourth-order valence-electron chi connectivity index (χ4n) is 3.44. The van der Waals surface area contributed by atoms with Crippen LogP contribution in [0.15, 0.2) is 30.3 Å². The van der Waals surface area contributed by atoms with E-state index in [2.05, 4.69) is 4.98 Å². The van der Waals surface area contributed by atoms with Crippen molar-refractivity contribution in [3.05, 3.63) is 47.3 Å². The number of nitrogens with zero attached hydrogens (tertiary/aromatic N) is 2. The molecule has 3 rings (SSSR count). The van der Waals surface area contributed by atoms with Gasteiger partial charge in [-0.1, -0.05) is 19.1 Å². The molecule has 33 heavy (non-hydrogen) atoms. The van der Waals surface area contributed by atoms with Crippen LogP contribution < -0.4 is 4.74 Å². The molecule has 5 nitrogen and oxygen atoms in total. The number of hydrogen-bond donors (Lipinski definition) is 0. The molecule has 3 aromatic rings. The molecule has 0 N–H and O–H groups in total. The van der Waals surface area contributed by atoms with Crippen molar-refractivity contribution in [2.75, 3.05) is 13.2 Å². The summed E-state index contributed by atoms with van der Waals surface area (Å²) in [5.74, 6) is -1.24. The van der Waals surface area contributed by atoms with Crippen LogP contribution >= 0.6 is 0 Å². The molecule has 0 aliphatic carbocycles. The van der Waals surface area contributed by atoms with Crippen LogP contribution in [0, 0.1) is 0 Å². The second-order valence-electron chi connectivity index (χ2n) is 7.14. The van der Waals surface area contributed by atoms with Gasteiger partial charge >= 0.3 is 18.3 Å². The predicted octanol–water partition coefficient (Wildman–Crippen LogP) is 5.94. The quantitative estimate of drug-likeness (QED) is 0.328. The standard InChI is InChI=1S/C22H20F6N2O3/c1-4-16-14(12-6-8-13(9-7-12)22(26,27)28)10-15-18(33-11-21(23,24)25)17(20(31)32-5-2)30(3)19(15)29-16/h6-10H,4-5,11H2,1-3H3. The number of aromatic nitrogens is 2. The van der Waals surface area contributed by atoms with Crippen LogP contribution in [0.4, 0.5) is 26.3 Å². The van der Waals surface area contributed by atoms with Gasteiger partial charge in [0.25, 0.3) is 0 Å². The SMILES string of the molecule is CCOC(=O)c1c(OCC(F)(F)F)c2cc(-c3ccc(C(F)(F)F)cc3)c(CC)nc2n1C. The Morgan fingerprint density at radius 1 is 1.06 bits per heavy atom. The number of fused-ring (bicyclic) bond motifs is 1. The largest absolute Gasteiger partial charge is 0.481 e. The monoisotopic (exact) mass is 474 g/mol. The Bertz CT molecular complexity index is 1160. The minimum atomic E-state index is -4.67. The Morgan fingerprint density at radius 3 is 2.21 bits per heavy atom. The molecule has 0 aliphatic rings. The number of hydrogen-bond acceptors (Lipinski definition) is 4. The number of ether oxygens (including phenoxy) is 2. The van der Waals surface area contributed by atoms with Gasteiger partial charge in [0.2, 0.25) is 0 Å². The Kier molecular flexibility index (Phi) is 6.62. The predicted molar refractivity (Wildman–Crippen MR) is 108 cm³/mol. The summed E-state index contributed by atoms with van der Waals surface area (Å²) >= 11 is 0. The molecule has 0 saturated carbocycles. The molecule has 0 fully saturated rings. The maximum atomic E-state index is 12.9. The second-order valence-corrected chi connectivity index (χ2v) is 7.14. The molecular formula is C22H20F6N2O3. The lowest BCUT2D eigenvalue weighted by atomic mass is 10.00. The zero-order chi connectivity index (χ0) is 24.6. The van der Waals surface area contributed by atoms with Crippen molar-refractivity contribution in [2.45, 2.75) is 32.6 Å². The number of rotatable bonds is 6. The van der Waals surface area contributed by atoms with Crippen molar-refractivity contribution in [1.82, 2.24) is 9.55 Å². The summed E-state index contributed by atoms with van der Waals surface area (Å²) in [5.41, 5.74) is 0.393. The Balaban J connectivity index is 2.23. The number of aryl methyl sites for hydroxylation is 2. The molecule has 0 aliphatic heterocycles. The van der Waals surface area contributed by atoms with Crippen LogP contribution in [-0.4, -0.2) is 34.9 Å². The third-order valence-corrected chi connectivity index (χ3v) is 4.90. The Morgan fingerprint density at radius 2 is 1.70 bits per heavy atom. The lowest BCUT2D eigenvalue weighted by Gasteiger charge is -2.12. The number of esters is 1. The highest BCUT2D eigenvalue weighted by Crippen LogP contribution is 2.38. The van der Waals surface area contributed by atoms with Gasteiger partial charge in [0.05, 0.1) is 23.3 Å². The number of carbonyl (C=O) groups excluding carboxylic acids is 1. The Labute approximate surface area is 184 Å². The van der Waals surface area contributed by atoms with Crippen LogP contribution in [0.2, 0.25) is 0 Å². The number of pyridine rings is 1. The van der Waals surface area contributed by atoms with Crippen molar-refractivity contribution in [2.24, 2.45) is 7.05 Å². The van der Waals surface area contributed by atoms with E-state index >= 15 is 0 Å². The van der Waals surface area contributed by atoms with Gasteiger partial charge < -0.3 is 14.0 Å². The van der Waals surface area contributed by atoms with Gasteiger partial charge in [-0.15, -0.1) is 0 Å².